The number of nitrogens with one attached hydrogen (secondary N) is 1. The lowest BCUT2D eigenvalue weighted by Crippen LogP contribution is -2.20. The lowest BCUT2D eigenvalue weighted by atomic mass is 10.2. The molecule has 3 N–H and O–H groups in total. The first kappa shape index (κ1) is 13.4. The van der Waals surface area contributed by atoms with E-state index in [0.29, 0.717) is 17.9 Å². The molecular formula is C13H15N3O2S. The van der Waals surface area contributed by atoms with Gasteiger partial charge in [-0.1, -0.05) is 11.3 Å². The molecule has 0 saturated carbocycles. The van der Waals surface area contributed by atoms with Crippen molar-refractivity contribution in [1.82, 2.24) is 4.57 Å². The monoisotopic (exact) mass is 277 g/mol. The Hall–Kier alpha value is -2.08. The summed E-state index contributed by atoms with van der Waals surface area (Å²) in [5.41, 5.74) is 7.80. The molecule has 2 rings (SSSR count). The third-order valence-corrected chi connectivity index (χ3v) is 3.61. The number of anilines is 2. The predicted octanol–water partition coefficient (Wildman–Crippen LogP) is 1.83. The molecule has 100 valence electrons. The number of nitrogens with zero attached hydrogens (tertiary/aromatic N) is 1. The molecule has 1 heterocycles. The van der Waals surface area contributed by atoms with E-state index in [9.17, 15) is 9.59 Å². The average molecular weight is 277 g/mol. The Morgan fingerprint density at radius 3 is 2.63 bits per heavy atom. The Labute approximate surface area is 114 Å². The Kier molecular flexibility index (Phi) is 4.01. The van der Waals surface area contributed by atoms with Crippen LogP contribution in [-0.4, -0.2) is 10.5 Å². The lowest BCUT2D eigenvalue weighted by molar-refractivity contribution is -0.116. The minimum Gasteiger partial charge on any atom is -0.399 e. The largest absolute Gasteiger partial charge is 0.399 e. The first-order chi connectivity index (χ1) is 9.06. The summed E-state index contributed by atoms with van der Waals surface area (Å²) in [6, 6.07) is 6.94. The number of nitrogens with two attached hydrogens (primary N) is 1. The molecule has 0 fully saturated rings. The second-order valence-electron chi connectivity index (χ2n) is 4.21. The zero-order chi connectivity index (χ0) is 13.8. The van der Waals surface area contributed by atoms with Gasteiger partial charge in [-0.2, -0.15) is 0 Å². The summed E-state index contributed by atoms with van der Waals surface area (Å²) in [7, 11) is 0. The topological polar surface area (TPSA) is 77.1 Å². The van der Waals surface area contributed by atoms with Crippen molar-refractivity contribution in [3.05, 3.63) is 45.0 Å². The van der Waals surface area contributed by atoms with E-state index < -0.39 is 0 Å². The number of hydrogen-bond acceptors (Lipinski definition) is 4. The van der Waals surface area contributed by atoms with Crippen molar-refractivity contribution >= 4 is 28.6 Å². The number of hydrogen-bond donors (Lipinski definition) is 2. The molecular weight excluding hydrogens is 262 g/mol. The number of rotatable bonds is 4. The number of thiazole rings is 1. The van der Waals surface area contributed by atoms with Gasteiger partial charge < -0.3 is 15.6 Å². The summed E-state index contributed by atoms with van der Waals surface area (Å²) in [6.07, 6.45) is 0.266. The number of amides is 1. The Bertz CT molecular complexity index is 628. The van der Waals surface area contributed by atoms with Crippen LogP contribution in [0.15, 0.2) is 34.4 Å². The maximum absolute atomic E-state index is 11.8. The molecule has 0 unspecified atom stereocenters. The second-order valence-corrected chi connectivity index (χ2v) is 5.04. The highest BCUT2D eigenvalue weighted by molar-refractivity contribution is 7.07. The molecule has 0 radical (unpaired) electrons. The molecule has 0 atom stereocenters. The molecule has 1 aromatic heterocycles. The van der Waals surface area contributed by atoms with Crippen LogP contribution in [0, 0.1) is 6.92 Å². The van der Waals surface area contributed by atoms with E-state index >= 15 is 0 Å². The number of benzene rings is 1. The van der Waals surface area contributed by atoms with Gasteiger partial charge in [0, 0.05) is 35.4 Å². The van der Waals surface area contributed by atoms with Crippen LogP contribution >= 0.6 is 11.3 Å². The molecule has 0 aliphatic carbocycles. The van der Waals surface area contributed by atoms with Gasteiger partial charge in [-0.05, 0) is 31.2 Å². The summed E-state index contributed by atoms with van der Waals surface area (Å²) in [6.45, 7) is 2.25. The van der Waals surface area contributed by atoms with Crippen LogP contribution in [0.5, 0.6) is 0 Å². The second kappa shape index (κ2) is 5.71. The minimum atomic E-state index is -0.123. The van der Waals surface area contributed by atoms with Gasteiger partial charge in [0.2, 0.25) is 5.91 Å². The van der Waals surface area contributed by atoms with Crippen LogP contribution in [0.1, 0.15) is 12.1 Å². The van der Waals surface area contributed by atoms with Gasteiger partial charge in [-0.15, -0.1) is 0 Å². The maximum atomic E-state index is 11.8. The smallest absolute Gasteiger partial charge is 0.307 e. The van der Waals surface area contributed by atoms with Gasteiger partial charge in [-0.3, -0.25) is 9.59 Å². The Morgan fingerprint density at radius 1 is 1.37 bits per heavy atom. The number of carbonyl (C=O) groups excluding carboxylic acids is 1. The van der Waals surface area contributed by atoms with E-state index in [2.05, 4.69) is 5.32 Å². The average Bonchev–Trinajstić information content (AvgIpc) is 2.70. The van der Waals surface area contributed by atoms with Crippen LogP contribution in [0.4, 0.5) is 11.4 Å². The maximum Gasteiger partial charge on any atom is 0.307 e. The number of carbonyl (C=O) groups is 1. The standard InChI is InChI=1S/C13H15N3O2S/c1-9-8-19-13(18)16(9)7-6-12(17)15-11-4-2-10(14)3-5-11/h2-5,8H,6-7,14H2,1H3,(H,15,17). The summed E-state index contributed by atoms with van der Waals surface area (Å²) >= 11 is 1.15. The fourth-order valence-electron chi connectivity index (χ4n) is 1.68. The van der Waals surface area contributed by atoms with Crippen molar-refractivity contribution in [3.8, 4) is 0 Å². The lowest BCUT2D eigenvalue weighted by Gasteiger charge is -2.06. The van der Waals surface area contributed by atoms with E-state index in [0.717, 1.165) is 17.0 Å². The quantitative estimate of drug-likeness (QED) is 0.837. The first-order valence-electron chi connectivity index (χ1n) is 5.86. The highest BCUT2D eigenvalue weighted by Crippen LogP contribution is 2.11. The van der Waals surface area contributed by atoms with Crippen molar-refractivity contribution in [2.75, 3.05) is 11.1 Å². The van der Waals surface area contributed by atoms with Gasteiger partial charge in [0.25, 0.3) is 0 Å². The molecule has 0 aliphatic rings. The molecule has 5 nitrogen and oxygen atoms in total. The van der Waals surface area contributed by atoms with E-state index in [4.69, 9.17) is 5.73 Å². The Balaban J connectivity index is 1.92. The van der Waals surface area contributed by atoms with Crippen molar-refractivity contribution in [2.45, 2.75) is 19.9 Å². The van der Waals surface area contributed by atoms with Crippen molar-refractivity contribution in [2.24, 2.45) is 0 Å². The SMILES string of the molecule is Cc1csc(=O)n1CCC(=O)Nc1ccc(N)cc1. The third-order valence-electron chi connectivity index (χ3n) is 2.73. The number of aromatic nitrogens is 1. The number of nitrogen functional groups attached to an aromatic ring is 1. The zero-order valence-corrected chi connectivity index (χ0v) is 11.4. The molecule has 2 aromatic rings. The van der Waals surface area contributed by atoms with Crippen LogP contribution < -0.4 is 15.9 Å². The van der Waals surface area contributed by atoms with Crippen molar-refractivity contribution in [3.63, 3.8) is 0 Å². The minimum absolute atomic E-state index is 0.0298. The molecule has 0 spiro atoms. The van der Waals surface area contributed by atoms with Gasteiger partial charge in [-0.25, -0.2) is 0 Å². The van der Waals surface area contributed by atoms with Crippen LogP contribution in [0.2, 0.25) is 0 Å². The van der Waals surface area contributed by atoms with E-state index in [1.807, 2.05) is 6.92 Å². The van der Waals surface area contributed by atoms with Gasteiger partial charge in [0.05, 0.1) is 0 Å². The van der Waals surface area contributed by atoms with E-state index in [1.165, 1.54) is 0 Å². The highest BCUT2D eigenvalue weighted by atomic mass is 32.1. The van der Waals surface area contributed by atoms with Gasteiger partial charge >= 0.3 is 4.87 Å². The fraction of sp³-hybridized carbons (Fsp3) is 0.231. The molecule has 6 heteroatoms. The summed E-state index contributed by atoms with van der Waals surface area (Å²) in [4.78, 5) is 23.2. The van der Waals surface area contributed by atoms with Crippen LogP contribution in [0.25, 0.3) is 0 Å². The van der Waals surface area contributed by atoms with Crippen molar-refractivity contribution < 1.29 is 4.79 Å². The predicted molar refractivity (Wildman–Crippen MR) is 77.4 cm³/mol. The van der Waals surface area contributed by atoms with Crippen LogP contribution in [-0.2, 0) is 11.3 Å². The summed E-state index contributed by atoms with van der Waals surface area (Å²) in [5.74, 6) is -0.123. The summed E-state index contributed by atoms with van der Waals surface area (Å²) in [5, 5.41) is 4.56. The number of aryl methyl sites for hydroxylation is 1. The molecule has 0 bridgehead atoms. The fourth-order valence-corrected chi connectivity index (χ4v) is 2.44. The van der Waals surface area contributed by atoms with E-state index in [-0.39, 0.29) is 17.2 Å². The molecule has 1 aromatic carbocycles. The highest BCUT2D eigenvalue weighted by Gasteiger charge is 2.06. The Morgan fingerprint density at radius 2 is 2.05 bits per heavy atom. The normalized spacial score (nSPS) is 10.4. The molecule has 0 aliphatic heterocycles. The molecule has 1 amide bonds. The van der Waals surface area contributed by atoms with Gasteiger partial charge in [0.1, 0.15) is 0 Å². The molecule has 0 saturated heterocycles. The molecule has 19 heavy (non-hydrogen) atoms. The van der Waals surface area contributed by atoms with Gasteiger partial charge in [0.15, 0.2) is 0 Å². The van der Waals surface area contributed by atoms with Crippen molar-refractivity contribution in [1.29, 1.82) is 0 Å². The summed E-state index contributed by atoms with van der Waals surface area (Å²) < 4.78 is 1.60. The third kappa shape index (κ3) is 3.45. The first-order valence-corrected chi connectivity index (χ1v) is 6.74. The van der Waals surface area contributed by atoms with Crippen LogP contribution in [0.3, 0.4) is 0 Å². The zero-order valence-electron chi connectivity index (χ0n) is 10.6. The van der Waals surface area contributed by atoms with E-state index in [1.54, 1.807) is 34.2 Å².